The lowest BCUT2D eigenvalue weighted by Gasteiger charge is -2.25. The first-order valence-electron chi connectivity index (χ1n) is 23.3. The number of hydrogen-bond acceptors (Lipinski definition) is 5. The van der Waals surface area contributed by atoms with Crippen LogP contribution >= 0.6 is 0 Å². The maximum absolute atomic E-state index is 6.68. The van der Waals surface area contributed by atoms with Gasteiger partial charge in [0.15, 0.2) is 11.7 Å². The number of amidine groups is 1. The average molecular weight is 885 g/mol. The molecule has 10 aromatic carbocycles. The molecule has 1 atom stereocenters. The molecule has 7 nitrogen and oxygen atoms in total. The van der Waals surface area contributed by atoms with Crippen LogP contribution in [0.2, 0.25) is 0 Å². The van der Waals surface area contributed by atoms with Gasteiger partial charge in [-0.15, -0.1) is 0 Å². The van der Waals surface area contributed by atoms with Gasteiger partial charge in [-0.2, -0.15) is 4.99 Å². The summed E-state index contributed by atoms with van der Waals surface area (Å²) in [5.41, 5.74) is 14.0. The lowest BCUT2D eigenvalue weighted by Crippen LogP contribution is -2.35. The summed E-state index contributed by atoms with van der Waals surface area (Å²) in [5, 5.41) is 10.5. The van der Waals surface area contributed by atoms with Crippen LogP contribution in [0.1, 0.15) is 17.3 Å². The molecule has 0 spiro atoms. The molecule has 7 heteroatoms. The highest BCUT2D eigenvalue weighted by Gasteiger charge is 2.29. The fraction of sp³-hybridized carbons (Fsp3) is 0.0161. The summed E-state index contributed by atoms with van der Waals surface area (Å²) in [6, 6.07) is 81.3. The van der Waals surface area contributed by atoms with Gasteiger partial charge in [0.25, 0.3) is 0 Å². The number of nitrogens with one attached hydrogen (secondary N) is 1. The summed E-state index contributed by atoms with van der Waals surface area (Å²) in [6.45, 7) is 0. The summed E-state index contributed by atoms with van der Waals surface area (Å²) >= 11 is 0. The topological polar surface area (TPSA) is 72.6 Å². The molecule has 3 aromatic heterocycles. The highest BCUT2D eigenvalue weighted by molar-refractivity contribution is 6.27. The van der Waals surface area contributed by atoms with Crippen molar-refractivity contribution >= 4 is 77.3 Å². The molecule has 14 rings (SSSR count). The maximum Gasteiger partial charge on any atom is 0.234 e. The van der Waals surface area contributed by atoms with Gasteiger partial charge in [0.05, 0.1) is 22.1 Å². The van der Waals surface area contributed by atoms with Crippen LogP contribution in [0.4, 0.5) is 0 Å². The van der Waals surface area contributed by atoms with E-state index in [2.05, 4.69) is 203 Å². The van der Waals surface area contributed by atoms with Crippen molar-refractivity contribution in [1.82, 2.24) is 19.4 Å². The van der Waals surface area contributed by atoms with Crippen molar-refractivity contribution in [2.45, 2.75) is 6.17 Å². The van der Waals surface area contributed by atoms with Gasteiger partial charge in [-0.3, -0.25) is 4.57 Å². The minimum Gasteiger partial charge on any atom is -0.436 e. The second kappa shape index (κ2) is 15.6. The minimum atomic E-state index is -0.594. The Hall–Kier alpha value is -9.33. The fourth-order valence-corrected chi connectivity index (χ4v) is 10.5. The monoisotopic (exact) mass is 884 g/mol. The third-order valence-corrected chi connectivity index (χ3v) is 13.6. The lowest BCUT2D eigenvalue weighted by molar-refractivity contribution is 0.597. The summed E-state index contributed by atoms with van der Waals surface area (Å²) in [7, 11) is 0. The number of hydrogen-bond donors (Lipinski definition) is 1. The molecule has 1 aliphatic rings. The molecule has 1 N–H and O–H groups in total. The Morgan fingerprint density at radius 3 is 1.67 bits per heavy atom. The summed E-state index contributed by atoms with van der Waals surface area (Å²) < 4.78 is 11.4. The van der Waals surface area contributed by atoms with Crippen LogP contribution in [-0.2, 0) is 0 Å². The first-order valence-corrected chi connectivity index (χ1v) is 23.3. The Labute approximate surface area is 396 Å². The van der Waals surface area contributed by atoms with Crippen molar-refractivity contribution in [2.24, 2.45) is 9.98 Å². The summed E-state index contributed by atoms with van der Waals surface area (Å²) in [4.78, 5) is 16.2. The van der Waals surface area contributed by atoms with Gasteiger partial charge >= 0.3 is 0 Å². The molecule has 1 unspecified atom stereocenters. The zero-order valence-corrected chi connectivity index (χ0v) is 37.2. The van der Waals surface area contributed by atoms with E-state index in [1.54, 1.807) is 0 Å². The Kier molecular flexibility index (Phi) is 8.82. The number of aromatic nitrogens is 3. The molecule has 13 aromatic rings. The molecule has 0 fully saturated rings. The van der Waals surface area contributed by atoms with Crippen molar-refractivity contribution in [2.75, 3.05) is 0 Å². The molecule has 69 heavy (non-hydrogen) atoms. The smallest absolute Gasteiger partial charge is 0.234 e. The van der Waals surface area contributed by atoms with Crippen LogP contribution in [0.3, 0.4) is 0 Å². The first-order chi connectivity index (χ1) is 34.2. The molecule has 0 amide bonds. The number of fused-ring (bicyclic) bond motifs is 9. The van der Waals surface area contributed by atoms with Crippen LogP contribution in [0.25, 0.3) is 105 Å². The van der Waals surface area contributed by atoms with E-state index in [1.807, 2.05) is 42.5 Å². The fourth-order valence-electron chi connectivity index (χ4n) is 10.5. The molecule has 1 aliphatic heterocycles. The van der Waals surface area contributed by atoms with E-state index in [4.69, 9.17) is 19.4 Å². The lowest BCUT2D eigenvalue weighted by atomic mass is 9.98. The second-order valence-corrected chi connectivity index (χ2v) is 17.6. The van der Waals surface area contributed by atoms with Gasteiger partial charge in [-0.25, -0.2) is 9.98 Å². The van der Waals surface area contributed by atoms with E-state index < -0.39 is 6.17 Å². The third kappa shape index (κ3) is 6.32. The van der Waals surface area contributed by atoms with E-state index in [-0.39, 0.29) is 0 Å². The van der Waals surface area contributed by atoms with E-state index in [0.29, 0.717) is 23.3 Å². The van der Waals surface area contributed by atoms with Crippen molar-refractivity contribution in [3.05, 3.63) is 242 Å². The van der Waals surface area contributed by atoms with Crippen molar-refractivity contribution in [1.29, 1.82) is 0 Å². The second-order valence-electron chi connectivity index (χ2n) is 17.6. The number of rotatable bonds is 6. The quantitative estimate of drug-likeness (QED) is 0.181. The Bertz CT molecular complexity index is 4160. The van der Waals surface area contributed by atoms with E-state index >= 15 is 0 Å². The number of para-hydroxylation sites is 3. The largest absolute Gasteiger partial charge is 0.436 e. The van der Waals surface area contributed by atoms with Crippen LogP contribution in [-0.4, -0.2) is 25.9 Å². The van der Waals surface area contributed by atoms with Crippen molar-refractivity contribution in [3.8, 4) is 39.4 Å². The molecule has 0 saturated heterocycles. The molecule has 0 saturated carbocycles. The molecule has 0 bridgehead atoms. The summed E-state index contributed by atoms with van der Waals surface area (Å²) in [5.74, 6) is 1.83. The van der Waals surface area contributed by atoms with Gasteiger partial charge in [-0.1, -0.05) is 182 Å². The third-order valence-electron chi connectivity index (χ3n) is 13.6. The first kappa shape index (κ1) is 38.9. The molecule has 4 heterocycles. The standard InChI is InChI=1S/C62H40N6O/c1-4-18-39(19-5-1)43-36-44(40-20-6-2-7-21-40)38-45(37-43)67-54-32-14-12-27-47(54)49-34-35-50-48-28-13-15-33-55(48)68(57(50)56(49)67)62-65-59(51-29-16-25-41-22-10-11-26-46(41)51)64-60(66-62)52-30-17-31-53-58(52)69-61(63-53)42-23-8-3-9-24-42/h1-38,60H,(H,64,65,66). The highest BCUT2D eigenvalue weighted by atomic mass is 16.3. The van der Waals surface area contributed by atoms with Crippen molar-refractivity contribution < 1.29 is 4.42 Å². The predicted molar refractivity (Wildman–Crippen MR) is 283 cm³/mol. The number of benzene rings is 10. The average Bonchev–Trinajstić information content (AvgIpc) is 4.12. The van der Waals surface area contributed by atoms with E-state index in [1.165, 1.54) is 0 Å². The molecule has 324 valence electrons. The predicted octanol–water partition coefficient (Wildman–Crippen LogP) is 15.1. The molecule has 0 radical (unpaired) electrons. The van der Waals surface area contributed by atoms with Crippen LogP contribution in [0.5, 0.6) is 0 Å². The Morgan fingerprint density at radius 2 is 0.986 bits per heavy atom. The molecular formula is C62H40N6O. The zero-order chi connectivity index (χ0) is 45.4. The molecular weight excluding hydrogens is 845 g/mol. The Balaban J connectivity index is 1.08. The van der Waals surface area contributed by atoms with Crippen LogP contribution in [0.15, 0.2) is 245 Å². The van der Waals surface area contributed by atoms with E-state index in [0.717, 1.165) is 105 Å². The van der Waals surface area contributed by atoms with Gasteiger partial charge in [0.2, 0.25) is 11.9 Å². The maximum atomic E-state index is 6.68. The minimum absolute atomic E-state index is 0.556. The number of aliphatic imine (C=N–C) groups is 2. The Morgan fingerprint density at radius 1 is 0.435 bits per heavy atom. The van der Waals surface area contributed by atoms with E-state index in [9.17, 15) is 0 Å². The van der Waals surface area contributed by atoms with Crippen LogP contribution in [0, 0.1) is 0 Å². The van der Waals surface area contributed by atoms with Gasteiger partial charge in [0, 0.05) is 43.9 Å². The SMILES string of the molecule is c1ccc(-c2cc(-c3ccccc3)cc(-n3c4ccccc4c4ccc5c6ccccc6n(C6=NC(c7cccc8nc(-c9ccccc9)oc78)NC(c7cccc8ccccc78)=N6)c5c43)c2)cc1. The summed E-state index contributed by atoms with van der Waals surface area (Å²) in [6.07, 6.45) is -0.594. The van der Waals surface area contributed by atoms with Gasteiger partial charge < -0.3 is 14.3 Å². The molecule has 0 aliphatic carbocycles. The van der Waals surface area contributed by atoms with Crippen LogP contribution < -0.4 is 5.32 Å². The van der Waals surface area contributed by atoms with Gasteiger partial charge in [0.1, 0.15) is 11.4 Å². The normalized spacial score (nSPS) is 13.9. The van der Waals surface area contributed by atoms with Gasteiger partial charge in [-0.05, 0) is 81.6 Å². The highest BCUT2D eigenvalue weighted by Crippen LogP contribution is 2.43. The zero-order valence-electron chi connectivity index (χ0n) is 37.2. The number of oxazole rings is 1. The number of nitrogens with zero attached hydrogens (tertiary/aromatic N) is 5. The van der Waals surface area contributed by atoms with Crippen molar-refractivity contribution in [3.63, 3.8) is 0 Å².